The first-order chi connectivity index (χ1) is 6.84. The maximum absolute atomic E-state index is 10.9. The molecule has 0 saturated heterocycles. The van der Waals surface area contributed by atoms with Crippen molar-refractivity contribution < 1.29 is 13.2 Å². The van der Waals surface area contributed by atoms with Gasteiger partial charge in [-0.15, -0.1) is 0 Å². The fourth-order valence-electron chi connectivity index (χ4n) is 0.717. The number of amides is 1. The van der Waals surface area contributed by atoms with Gasteiger partial charge in [0.1, 0.15) is 0 Å². The number of hydrogen-bond acceptors (Lipinski definition) is 8. The van der Waals surface area contributed by atoms with Gasteiger partial charge < -0.3 is 11.5 Å². The van der Waals surface area contributed by atoms with Gasteiger partial charge in [0.2, 0.25) is 18.3 Å². The fraction of sp³-hybridized carbons (Fsp3) is 0. The van der Waals surface area contributed by atoms with E-state index in [1.165, 1.54) is 0 Å². The molecule has 1 amide bonds. The largest absolute Gasteiger partial charge is 0.368 e. The minimum atomic E-state index is -4.30. The highest BCUT2D eigenvalue weighted by molar-refractivity contribution is 7.91. The van der Waals surface area contributed by atoms with Crippen LogP contribution in [0.4, 0.5) is 17.8 Å². The van der Waals surface area contributed by atoms with Crippen LogP contribution in [-0.4, -0.2) is 29.8 Å². The molecular weight excluding hydrogens is 226 g/mol. The molecule has 0 aliphatic heterocycles. The average Bonchev–Trinajstić information content (AvgIpc) is 1.99. The molecule has 0 atom stereocenters. The lowest BCUT2D eigenvalue weighted by Crippen LogP contribution is -2.37. The number of nitrogen functional groups attached to an aromatic ring is 2. The number of aromatic nitrogens is 3. The summed E-state index contributed by atoms with van der Waals surface area (Å²) in [6, 6.07) is 0. The Morgan fingerprint density at radius 2 is 1.60 bits per heavy atom. The molecule has 0 aliphatic carbocycles. The van der Waals surface area contributed by atoms with Crippen LogP contribution in [0.25, 0.3) is 0 Å². The predicted octanol–water partition coefficient (Wildman–Crippen LogP) is -2.80. The number of carbonyl (C=O) groups excluding carboxylic acids is 1. The normalized spacial score (nSPS) is 11.0. The summed E-state index contributed by atoms with van der Waals surface area (Å²) in [5, 5.41) is 4.71. The van der Waals surface area contributed by atoms with Crippen LogP contribution in [0, 0.1) is 0 Å². The van der Waals surface area contributed by atoms with Gasteiger partial charge in [-0.3, -0.25) is 4.79 Å². The zero-order valence-corrected chi connectivity index (χ0v) is 8.05. The average molecular weight is 233 g/mol. The second kappa shape index (κ2) is 3.62. The SMILES string of the molecule is Nc1nc(N)nc(N(C=O)S(N)(=O)=O)n1. The summed E-state index contributed by atoms with van der Waals surface area (Å²) in [6.45, 7) is 0. The summed E-state index contributed by atoms with van der Waals surface area (Å²) in [5.41, 5.74) is 10.3. The number of carbonyl (C=O) groups is 1. The van der Waals surface area contributed by atoms with Gasteiger partial charge in [-0.2, -0.15) is 27.7 Å². The number of rotatable bonds is 3. The van der Waals surface area contributed by atoms with Crippen LogP contribution in [0.1, 0.15) is 0 Å². The van der Waals surface area contributed by atoms with E-state index in [0.29, 0.717) is 0 Å². The third-order valence-electron chi connectivity index (χ3n) is 1.23. The van der Waals surface area contributed by atoms with Crippen LogP contribution in [0.3, 0.4) is 0 Å². The molecule has 0 aliphatic rings. The quantitative estimate of drug-likeness (QED) is 0.469. The van der Waals surface area contributed by atoms with Crippen molar-refractivity contribution in [2.45, 2.75) is 0 Å². The van der Waals surface area contributed by atoms with E-state index in [1.807, 2.05) is 0 Å². The van der Waals surface area contributed by atoms with E-state index in [-0.39, 0.29) is 22.6 Å². The van der Waals surface area contributed by atoms with Gasteiger partial charge in [0.25, 0.3) is 5.95 Å². The van der Waals surface area contributed by atoms with Gasteiger partial charge in [0.15, 0.2) is 0 Å². The Hall–Kier alpha value is -2.01. The molecule has 1 aromatic rings. The van der Waals surface area contributed by atoms with Gasteiger partial charge in [-0.1, -0.05) is 0 Å². The molecule has 0 unspecified atom stereocenters. The maximum Gasteiger partial charge on any atom is 0.307 e. The smallest absolute Gasteiger partial charge is 0.307 e. The van der Waals surface area contributed by atoms with Gasteiger partial charge in [-0.05, 0) is 0 Å². The van der Waals surface area contributed by atoms with E-state index in [0.717, 1.165) is 0 Å². The molecule has 6 N–H and O–H groups in total. The Morgan fingerprint density at radius 3 is 1.93 bits per heavy atom. The van der Waals surface area contributed by atoms with Crippen LogP contribution in [0.2, 0.25) is 0 Å². The van der Waals surface area contributed by atoms with Crippen LogP contribution in [-0.2, 0) is 15.0 Å². The third kappa shape index (κ3) is 2.47. The van der Waals surface area contributed by atoms with E-state index in [2.05, 4.69) is 15.0 Å². The lowest BCUT2D eigenvalue weighted by atomic mass is 10.8. The first-order valence-electron chi connectivity index (χ1n) is 3.39. The molecule has 1 heterocycles. The molecule has 0 spiro atoms. The summed E-state index contributed by atoms with van der Waals surface area (Å²) in [5.74, 6) is -1.21. The monoisotopic (exact) mass is 233 g/mol. The molecule has 1 aromatic heterocycles. The number of hydrogen-bond donors (Lipinski definition) is 3. The fourth-order valence-corrected chi connectivity index (χ4v) is 1.15. The summed E-state index contributed by atoms with van der Waals surface area (Å²) in [7, 11) is -4.30. The van der Waals surface area contributed by atoms with Crippen molar-refractivity contribution in [2.75, 3.05) is 15.8 Å². The molecule has 0 radical (unpaired) electrons. The standard InChI is InChI=1S/C4H7N7O3S/c5-2-8-3(6)10-4(9-2)11(1-12)15(7,13)14/h1H,(H2,7,13,14)(H4,5,6,8,9,10). The minimum Gasteiger partial charge on any atom is -0.368 e. The Morgan fingerprint density at radius 1 is 1.13 bits per heavy atom. The molecule has 0 aromatic carbocycles. The number of nitrogens with two attached hydrogens (primary N) is 3. The van der Waals surface area contributed by atoms with Crippen molar-refractivity contribution in [3.63, 3.8) is 0 Å². The minimum absolute atomic E-state index is 0.0798. The first kappa shape index (κ1) is 11.1. The Balaban J connectivity index is 3.31. The predicted molar refractivity (Wildman–Crippen MR) is 50.3 cm³/mol. The van der Waals surface area contributed by atoms with Crippen molar-refractivity contribution >= 4 is 34.5 Å². The van der Waals surface area contributed by atoms with Crippen molar-refractivity contribution in [2.24, 2.45) is 5.14 Å². The molecule has 10 nitrogen and oxygen atoms in total. The molecule has 0 fully saturated rings. The zero-order valence-electron chi connectivity index (χ0n) is 7.23. The molecule has 15 heavy (non-hydrogen) atoms. The maximum atomic E-state index is 10.9. The van der Waals surface area contributed by atoms with E-state index >= 15 is 0 Å². The molecule has 1 rings (SSSR count). The molecule has 82 valence electrons. The topological polar surface area (TPSA) is 171 Å². The highest BCUT2D eigenvalue weighted by Gasteiger charge is 2.21. The van der Waals surface area contributed by atoms with Crippen LogP contribution < -0.4 is 20.9 Å². The second-order valence-electron chi connectivity index (χ2n) is 2.30. The van der Waals surface area contributed by atoms with E-state index in [1.54, 1.807) is 0 Å². The van der Waals surface area contributed by atoms with Crippen molar-refractivity contribution in [1.29, 1.82) is 0 Å². The van der Waals surface area contributed by atoms with E-state index in [4.69, 9.17) is 16.6 Å². The van der Waals surface area contributed by atoms with Gasteiger partial charge in [0.05, 0.1) is 0 Å². The van der Waals surface area contributed by atoms with Crippen molar-refractivity contribution in [3.8, 4) is 0 Å². The van der Waals surface area contributed by atoms with Gasteiger partial charge in [0, 0.05) is 0 Å². The van der Waals surface area contributed by atoms with E-state index in [9.17, 15) is 13.2 Å². The lowest BCUT2D eigenvalue weighted by Gasteiger charge is -2.11. The Bertz CT molecular complexity index is 465. The highest BCUT2D eigenvalue weighted by atomic mass is 32.2. The molecule has 0 saturated carbocycles. The van der Waals surface area contributed by atoms with Crippen molar-refractivity contribution in [1.82, 2.24) is 15.0 Å². The van der Waals surface area contributed by atoms with Crippen LogP contribution in [0.15, 0.2) is 0 Å². The molecule has 11 heteroatoms. The van der Waals surface area contributed by atoms with Gasteiger partial charge in [-0.25, -0.2) is 5.14 Å². The summed E-state index contributed by atoms with van der Waals surface area (Å²) in [4.78, 5) is 20.6. The number of anilines is 3. The van der Waals surface area contributed by atoms with Crippen molar-refractivity contribution in [3.05, 3.63) is 0 Å². The third-order valence-corrected chi connectivity index (χ3v) is 2.02. The Labute approximate surface area is 84.3 Å². The first-order valence-corrected chi connectivity index (χ1v) is 4.89. The molecular formula is C4H7N7O3S. The summed E-state index contributed by atoms with van der Waals surface area (Å²) >= 11 is 0. The van der Waals surface area contributed by atoms with E-state index < -0.39 is 16.2 Å². The highest BCUT2D eigenvalue weighted by Crippen LogP contribution is 2.10. The summed E-state index contributed by atoms with van der Waals surface area (Å²) < 4.78 is 21.8. The van der Waals surface area contributed by atoms with Gasteiger partial charge >= 0.3 is 10.2 Å². The number of nitrogens with zero attached hydrogens (tertiary/aromatic N) is 4. The lowest BCUT2D eigenvalue weighted by molar-refractivity contribution is -0.106. The summed E-state index contributed by atoms with van der Waals surface area (Å²) in [6.07, 6.45) is -0.0798. The van der Waals surface area contributed by atoms with Crippen LogP contribution in [0.5, 0.6) is 0 Å². The zero-order chi connectivity index (χ0) is 11.6. The second-order valence-corrected chi connectivity index (χ2v) is 3.72. The van der Waals surface area contributed by atoms with Crippen LogP contribution >= 0.6 is 0 Å². The molecule has 0 bridgehead atoms. The Kier molecular flexibility index (Phi) is 2.67.